The van der Waals surface area contributed by atoms with E-state index in [4.69, 9.17) is 0 Å². The summed E-state index contributed by atoms with van der Waals surface area (Å²) in [6.45, 7) is 4.08. The van der Waals surface area contributed by atoms with Crippen LogP contribution in [0.5, 0.6) is 0 Å². The van der Waals surface area contributed by atoms with Crippen molar-refractivity contribution in [3.63, 3.8) is 0 Å². The van der Waals surface area contributed by atoms with E-state index < -0.39 is 0 Å². The van der Waals surface area contributed by atoms with Crippen LogP contribution in [0.25, 0.3) is 0 Å². The molecule has 0 bridgehead atoms. The Kier molecular flexibility index (Phi) is 7.31. The maximum absolute atomic E-state index is 12.2. The van der Waals surface area contributed by atoms with Crippen LogP contribution in [0, 0.1) is 6.92 Å². The third kappa shape index (κ3) is 6.27. The van der Waals surface area contributed by atoms with Crippen LogP contribution < -0.4 is 5.32 Å². The average molecular weight is 394 g/mol. The van der Waals surface area contributed by atoms with Gasteiger partial charge < -0.3 is 10.3 Å². The Morgan fingerprint density at radius 3 is 2.39 bits per heavy atom. The highest BCUT2D eigenvalue weighted by Gasteiger charge is 2.12. The van der Waals surface area contributed by atoms with E-state index in [1.807, 2.05) is 43.3 Å². The molecule has 1 unspecified atom stereocenters. The molecule has 0 fully saturated rings. The highest BCUT2D eigenvalue weighted by atomic mass is 32.2. The minimum atomic E-state index is 0.0456. The van der Waals surface area contributed by atoms with Gasteiger partial charge in [0.15, 0.2) is 5.16 Å². The Hall–Kier alpha value is -2.53. The molecule has 0 aliphatic heterocycles. The van der Waals surface area contributed by atoms with E-state index in [0.717, 1.165) is 35.8 Å². The van der Waals surface area contributed by atoms with Gasteiger partial charge in [-0.1, -0.05) is 72.4 Å². The van der Waals surface area contributed by atoms with Crippen molar-refractivity contribution in [1.82, 2.24) is 15.3 Å². The minimum absolute atomic E-state index is 0.0456. The molecule has 3 rings (SSSR count). The van der Waals surface area contributed by atoms with Crippen molar-refractivity contribution in [1.29, 1.82) is 0 Å². The summed E-state index contributed by atoms with van der Waals surface area (Å²) in [7, 11) is 0. The van der Waals surface area contributed by atoms with Crippen molar-refractivity contribution in [3.05, 3.63) is 83.2 Å². The fraction of sp³-hybridized carbons (Fsp3) is 0.304. The number of thioether (sulfide) groups is 1. The predicted molar refractivity (Wildman–Crippen MR) is 116 cm³/mol. The van der Waals surface area contributed by atoms with Gasteiger partial charge in [0.1, 0.15) is 0 Å². The lowest BCUT2D eigenvalue weighted by Gasteiger charge is -2.13. The number of H-pyrrole nitrogens is 1. The number of hydrogen-bond acceptors (Lipinski definition) is 3. The maximum atomic E-state index is 12.2. The van der Waals surface area contributed by atoms with Crippen molar-refractivity contribution in [3.8, 4) is 0 Å². The molecule has 0 aliphatic carbocycles. The zero-order valence-electron chi connectivity index (χ0n) is 16.4. The molecule has 0 saturated heterocycles. The molecule has 28 heavy (non-hydrogen) atoms. The first-order chi connectivity index (χ1) is 13.6. The summed E-state index contributed by atoms with van der Waals surface area (Å²) in [6, 6.07) is 20.8. The Morgan fingerprint density at radius 2 is 1.71 bits per heavy atom. The molecule has 4 nitrogen and oxygen atoms in total. The van der Waals surface area contributed by atoms with Gasteiger partial charge in [-0.2, -0.15) is 0 Å². The fourth-order valence-corrected chi connectivity index (χ4v) is 3.80. The molecule has 0 spiro atoms. The normalized spacial score (nSPS) is 11.9. The second kappa shape index (κ2) is 10.1. The first kappa shape index (κ1) is 20.2. The van der Waals surface area contributed by atoms with Gasteiger partial charge in [0, 0.05) is 18.2 Å². The molecule has 1 heterocycles. The smallest absolute Gasteiger partial charge is 0.230 e. The Balaban J connectivity index is 1.43. The van der Waals surface area contributed by atoms with Gasteiger partial charge in [-0.05, 0) is 37.8 Å². The van der Waals surface area contributed by atoms with Gasteiger partial charge in [0.2, 0.25) is 5.91 Å². The van der Waals surface area contributed by atoms with Crippen molar-refractivity contribution in [2.45, 2.75) is 44.3 Å². The topological polar surface area (TPSA) is 57.8 Å². The van der Waals surface area contributed by atoms with Crippen molar-refractivity contribution >= 4 is 17.7 Å². The van der Waals surface area contributed by atoms with Gasteiger partial charge in [0.25, 0.3) is 0 Å². The first-order valence-electron chi connectivity index (χ1n) is 9.65. The lowest BCUT2D eigenvalue weighted by atomic mass is 10.1. The number of amides is 1. The molecule has 2 N–H and O–H groups in total. The number of rotatable bonds is 9. The predicted octanol–water partition coefficient (Wildman–Crippen LogP) is 4.54. The summed E-state index contributed by atoms with van der Waals surface area (Å²) in [4.78, 5) is 20.2. The number of imidazole rings is 1. The summed E-state index contributed by atoms with van der Waals surface area (Å²) < 4.78 is 0. The molecule has 146 valence electrons. The summed E-state index contributed by atoms with van der Waals surface area (Å²) in [5, 5.41) is 3.88. The summed E-state index contributed by atoms with van der Waals surface area (Å²) >= 11 is 1.45. The summed E-state index contributed by atoms with van der Waals surface area (Å²) in [5.74, 6) is 0.414. The van der Waals surface area contributed by atoms with Gasteiger partial charge in [0.05, 0.1) is 11.4 Å². The van der Waals surface area contributed by atoms with E-state index in [1.165, 1.54) is 22.9 Å². The number of aromatic amines is 1. The SMILES string of the molecule is Cc1[nH]c(SCC(=O)NC(C)CCc2ccccc2)nc1Cc1ccccc1. The third-order valence-corrected chi connectivity index (χ3v) is 5.51. The van der Waals surface area contributed by atoms with Crippen LogP contribution in [0.4, 0.5) is 0 Å². The number of aryl methyl sites for hydroxylation is 2. The second-order valence-corrected chi connectivity index (χ2v) is 8.02. The zero-order valence-corrected chi connectivity index (χ0v) is 17.3. The number of nitrogens with zero attached hydrogens (tertiary/aromatic N) is 1. The Bertz CT molecular complexity index is 877. The van der Waals surface area contributed by atoms with Crippen LogP contribution in [0.1, 0.15) is 35.9 Å². The minimum Gasteiger partial charge on any atom is -0.353 e. The van der Waals surface area contributed by atoms with Gasteiger partial charge in [-0.25, -0.2) is 4.98 Å². The highest BCUT2D eigenvalue weighted by molar-refractivity contribution is 7.99. The molecule has 0 radical (unpaired) electrons. The van der Waals surface area contributed by atoms with Crippen LogP contribution in [0.15, 0.2) is 65.8 Å². The van der Waals surface area contributed by atoms with Gasteiger partial charge >= 0.3 is 0 Å². The lowest BCUT2D eigenvalue weighted by Crippen LogP contribution is -2.34. The van der Waals surface area contributed by atoms with Crippen LogP contribution in [-0.2, 0) is 17.6 Å². The van der Waals surface area contributed by atoms with Crippen LogP contribution in [0.2, 0.25) is 0 Å². The van der Waals surface area contributed by atoms with Gasteiger partial charge in [-0.3, -0.25) is 4.79 Å². The molecule has 1 amide bonds. The number of carbonyl (C=O) groups excluding carboxylic acids is 1. The third-order valence-electron chi connectivity index (χ3n) is 4.63. The van der Waals surface area contributed by atoms with E-state index in [9.17, 15) is 4.79 Å². The molecule has 3 aromatic rings. The van der Waals surface area contributed by atoms with E-state index in [-0.39, 0.29) is 11.9 Å². The zero-order chi connectivity index (χ0) is 19.8. The number of benzene rings is 2. The van der Waals surface area contributed by atoms with Gasteiger partial charge in [-0.15, -0.1) is 0 Å². The molecular formula is C23H27N3OS. The van der Waals surface area contributed by atoms with Crippen LogP contribution >= 0.6 is 11.8 Å². The quantitative estimate of drug-likeness (QED) is 0.525. The van der Waals surface area contributed by atoms with E-state index in [2.05, 4.69) is 46.5 Å². The van der Waals surface area contributed by atoms with E-state index >= 15 is 0 Å². The molecule has 1 atom stereocenters. The summed E-state index contributed by atoms with van der Waals surface area (Å²) in [5.41, 5.74) is 4.63. The van der Waals surface area contributed by atoms with Crippen LogP contribution in [0.3, 0.4) is 0 Å². The monoisotopic (exact) mass is 393 g/mol. The van der Waals surface area contributed by atoms with E-state index in [0.29, 0.717) is 5.75 Å². The average Bonchev–Trinajstić information content (AvgIpc) is 3.06. The standard InChI is InChI=1S/C23H27N3OS/c1-17(13-14-19-9-5-3-6-10-19)24-22(27)16-28-23-25-18(2)21(26-23)15-20-11-7-4-8-12-20/h3-12,17H,13-16H2,1-2H3,(H,24,27)(H,25,26). The highest BCUT2D eigenvalue weighted by Crippen LogP contribution is 2.19. The number of carbonyl (C=O) groups is 1. The number of nitrogens with one attached hydrogen (secondary N) is 2. The molecule has 0 saturated carbocycles. The summed E-state index contributed by atoms with van der Waals surface area (Å²) in [6.07, 6.45) is 2.70. The molecular weight excluding hydrogens is 366 g/mol. The van der Waals surface area contributed by atoms with Crippen molar-refractivity contribution < 1.29 is 4.79 Å². The lowest BCUT2D eigenvalue weighted by molar-refractivity contribution is -0.119. The first-order valence-corrected chi connectivity index (χ1v) is 10.6. The molecule has 0 aliphatic rings. The van der Waals surface area contributed by atoms with Crippen molar-refractivity contribution in [2.24, 2.45) is 0 Å². The molecule has 5 heteroatoms. The molecule has 1 aromatic heterocycles. The second-order valence-electron chi connectivity index (χ2n) is 7.06. The number of aromatic nitrogens is 2. The largest absolute Gasteiger partial charge is 0.353 e. The number of hydrogen-bond donors (Lipinski definition) is 2. The Labute approximate surface area is 171 Å². The Morgan fingerprint density at radius 1 is 1.07 bits per heavy atom. The molecule has 2 aromatic carbocycles. The van der Waals surface area contributed by atoms with E-state index in [1.54, 1.807) is 0 Å². The maximum Gasteiger partial charge on any atom is 0.230 e. The van der Waals surface area contributed by atoms with Crippen LogP contribution in [-0.4, -0.2) is 27.7 Å². The van der Waals surface area contributed by atoms with Crippen molar-refractivity contribution in [2.75, 3.05) is 5.75 Å². The fourth-order valence-electron chi connectivity index (χ4n) is 3.05.